The molecule has 0 amide bonds. The van der Waals surface area contributed by atoms with Crippen LogP contribution in [0.25, 0.3) is 6.08 Å². The van der Waals surface area contributed by atoms with Gasteiger partial charge in [0, 0.05) is 0 Å². The Morgan fingerprint density at radius 1 is 0.968 bits per heavy atom. The first-order valence-corrected chi connectivity index (χ1v) is 10.6. The molecule has 0 saturated carbocycles. The highest BCUT2D eigenvalue weighted by Gasteiger charge is 2.24. The molecule has 2 aliphatic carbocycles. The van der Waals surface area contributed by atoms with Crippen molar-refractivity contribution in [3.05, 3.63) is 124 Å². The molecule has 0 aromatic heterocycles. The number of carbonyl (C=O) groups excluding carboxylic acids is 1. The van der Waals surface area contributed by atoms with Gasteiger partial charge in [0.05, 0.1) is 12.7 Å². The maximum atomic E-state index is 12.6. The second-order valence-corrected chi connectivity index (χ2v) is 8.05. The molecule has 2 nitrogen and oxygen atoms in total. The van der Waals surface area contributed by atoms with Crippen molar-refractivity contribution < 1.29 is 9.53 Å². The van der Waals surface area contributed by atoms with Gasteiger partial charge in [-0.15, -0.1) is 0 Å². The molecule has 31 heavy (non-hydrogen) atoms. The van der Waals surface area contributed by atoms with Gasteiger partial charge in [0.1, 0.15) is 0 Å². The van der Waals surface area contributed by atoms with Crippen LogP contribution in [0.15, 0.2) is 118 Å². The third-order valence-electron chi connectivity index (χ3n) is 5.58. The zero-order valence-electron chi connectivity index (χ0n) is 19.0. The highest BCUT2D eigenvalue weighted by molar-refractivity contribution is 5.96. The highest BCUT2D eigenvalue weighted by atomic mass is 16.5. The fourth-order valence-electron chi connectivity index (χ4n) is 3.70. The van der Waals surface area contributed by atoms with Crippen LogP contribution in [-0.4, -0.2) is 13.1 Å². The molecule has 3 rings (SSSR count). The summed E-state index contributed by atoms with van der Waals surface area (Å²) in [6.07, 6.45) is 18.6. The lowest BCUT2D eigenvalue weighted by Gasteiger charge is -2.16. The molecule has 0 aliphatic heterocycles. The molecule has 0 spiro atoms. The SMILES string of the molecule is COC(=O)C1=C2C(C)=CC=C(C(C)C)C=C2C(C)=C(/C=C\C=C\c2ccccc2)C=C1. The van der Waals surface area contributed by atoms with Crippen molar-refractivity contribution in [3.8, 4) is 0 Å². The number of fused-ring (bicyclic) bond motifs is 1. The quantitative estimate of drug-likeness (QED) is 0.383. The van der Waals surface area contributed by atoms with Crippen molar-refractivity contribution in [2.24, 2.45) is 5.92 Å². The molecule has 1 aromatic carbocycles. The lowest BCUT2D eigenvalue weighted by Crippen LogP contribution is -2.08. The molecule has 0 saturated heterocycles. The summed E-state index contributed by atoms with van der Waals surface area (Å²) in [5.41, 5.74) is 8.25. The van der Waals surface area contributed by atoms with Crippen molar-refractivity contribution in [3.63, 3.8) is 0 Å². The first kappa shape index (κ1) is 22.3. The maximum Gasteiger partial charge on any atom is 0.338 e. The van der Waals surface area contributed by atoms with Crippen LogP contribution in [0.2, 0.25) is 0 Å². The third-order valence-corrected chi connectivity index (χ3v) is 5.58. The average molecular weight is 411 g/mol. The molecule has 0 heterocycles. The van der Waals surface area contributed by atoms with Crippen LogP contribution in [-0.2, 0) is 9.53 Å². The first-order chi connectivity index (χ1) is 14.9. The second kappa shape index (κ2) is 10.1. The van der Waals surface area contributed by atoms with E-state index in [0.717, 1.165) is 33.4 Å². The molecule has 0 bridgehead atoms. The first-order valence-electron chi connectivity index (χ1n) is 10.6. The van der Waals surface area contributed by atoms with E-state index in [9.17, 15) is 4.79 Å². The maximum absolute atomic E-state index is 12.6. The summed E-state index contributed by atoms with van der Waals surface area (Å²) in [5.74, 6) is 0.0641. The van der Waals surface area contributed by atoms with E-state index in [1.54, 1.807) is 0 Å². The zero-order chi connectivity index (χ0) is 22.4. The molecule has 158 valence electrons. The minimum atomic E-state index is -0.320. The number of hydrogen-bond acceptors (Lipinski definition) is 2. The Hall–Kier alpha value is -3.39. The lowest BCUT2D eigenvalue weighted by molar-refractivity contribution is -0.135. The smallest absolute Gasteiger partial charge is 0.338 e. The van der Waals surface area contributed by atoms with E-state index in [1.807, 2.05) is 42.5 Å². The van der Waals surface area contributed by atoms with E-state index in [0.29, 0.717) is 11.5 Å². The Morgan fingerprint density at radius 2 is 1.68 bits per heavy atom. The molecule has 0 atom stereocenters. The zero-order valence-corrected chi connectivity index (χ0v) is 19.0. The van der Waals surface area contributed by atoms with Gasteiger partial charge in [-0.1, -0.05) is 92.8 Å². The number of carbonyl (C=O) groups is 1. The Labute approximate surface area is 186 Å². The number of rotatable bonds is 5. The van der Waals surface area contributed by atoms with Crippen molar-refractivity contribution in [2.45, 2.75) is 27.7 Å². The molecule has 0 unspecified atom stereocenters. The Kier molecular flexibility index (Phi) is 7.25. The van der Waals surface area contributed by atoms with Crippen LogP contribution in [0, 0.1) is 5.92 Å². The molecule has 2 aliphatic rings. The highest BCUT2D eigenvalue weighted by Crippen LogP contribution is 2.37. The fourth-order valence-corrected chi connectivity index (χ4v) is 3.70. The monoisotopic (exact) mass is 410 g/mol. The second-order valence-electron chi connectivity index (χ2n) is 8.05. The fraction of sp³-hybridized carbons (Fsp3) is 0.207. The summed E-state index contributed by atoms with van der Waals surface area (Å²) in [7, 11) is 1.43. The number of methoxy groups -OCH3 is 1. The lowest BCUT2D eigenvalue weighted by atomic mass is 9.88. The molecular formula is C29H30O2. The number of hydrogen-bond donors (Lipinski definition) is 0. The van der Waals surface area contributed by atoms with Gasteiger partial charge < -0.3 is 4.74 Å². The molecule has 0 radical (unpaired) electrons. The van der Waals surface area contributed by atoms with Crippen LogP contribution in [0.4, 0.5) is 0 Å². The number of ether oxygens (including phenoxy) is 1. The Balaban J connectivity index is 2.07. The van der Waals surface area contributed by atoms with Gasteiger partial charge in [-0.05, 0) is 64.8 Å². The largest absolute Gasteiger partial charge is 0.465 e. The van der Waals surface area contributed by atoms with Crippen LogP contribution in [0.1, 0.15) is 33.3 Å². The summed E-state index contributed by atoms with van der Waals surface area (Å²) in [5, 5.41) is 0. The van der Waals surface area contributed by atoms with E-state index >= 15 is 0 Å². The van der Waals surface area contributed by atoms with E-state index in [4.69, 9.17) is 4.74 Å². The van der Waals surface area contributed by atoms with Crippen molar-refractivity contribution in [2.75, 3.05) is 7.11 Å². The van der Waals surface area contributed by atoms with Gasteiger partial charge in [-0.2, -0.15) is 0 Å². The third kappa shape index (κ3) is 5.21. The number of esters is 1. The van der Waals surface area contributed by atoms with Crippen LogP contribution < -0.4 is 0 Å². The van der Waals surface area contributed by atoms with Crippen LogP contribution in [0.3, 0.4) is 0 Å². The molecule has 2 heteroatoms. The van der Waals surface area contributed by atoms with Gasteiger partial charge >= 0.3 is 5.97 Å². The van der Waals surface area contributed by atoms with Gasteiger partial charge in [0.25, 0.3) is 0 Å². The van der Waals surface area contributed by atoms with E-state index < -0.39 is 0 Å². The topological polar surface area (TPSA) is 26.3 Å². The van der Waals surface area contributed by atoms with E-state index in [-0.39, 0.29) is 5.97 Å². The van der Waals surface area contributed by atoms with Gasteiger partial charge in [0.2, 0.25) is 0 Å². The van der Waals surface area contributed by atoms with Crippen molar-refractivity contribution in [1.29, 1.82) is 0 Å². The Morgan fingerprint density at radius 3 is 2.35 bits per heavy atom. The number of benzene rings is 1. The van der Waals surface area contributed by atoms with Crippen molar-refractivity contribution in [1.82, 2.24) is 0 Å². The molecule has 0 fully saturated rings. The summed E-state index contributed by atoms with van der Waals surface area (Å²) in [6, 6.07) is 10.2. The predicted octanol–water partition coefficient (Wildman–Crippen LogP) is 7.08. The minimum Gasteiger partial charge on any atom is -0.465 e. The normalized spacial score (nSPS) is 16.9. The van der Waals surface area contributed by atoms with Crippen molar-refractivity contribution >= 4 is 12.0 Å². The van der Waals surface area contributed by atoms with Crippen LogP contribution in [0.5, 0.6) is 0 Å². The van der Waals surface area contributed by atoms with E-state index in [2.05, 4.69) is 70.2 Å². The average Bonchev–Trinajstić information content (AvgIpc) is 3.02. The van der Waals surface area contributed by atoms with Crippen LogP contribution >= 0.6 is 0 Å². The molecule has 0 N–H and O–H groups in total. The summed E-state index contributed by atoms with van der Waals surface area (Å²) in [6.45, 7) is 8.54. The van der Waals surface area contributed by atoms with Gasteiger partial charge in [-0.3, -0.25) is 0 Å². The van der Waals surface area contributed by atoms with E-state index in [1.165, 1.54) is 12.7 Å². The summed E-state index contributed by atoms with van der Waals surface area (Å²) in [4.78, 5) is 12.6. The number of allylic oxidation sites excluding steroid dienone is 13. The van der Waals surface area contributed by atoms with Gasteiger partial charge in [0.15, 0.2) is 0 Å². The summed E-state index contributed by atoms with van der Waals surface area (Å²) >= 11 is 0. The Bertz CT molecular complexity index is 1090. The van der Waals surface area contributed by atoms with Gasteiger partial charge in [-0.25, -0.2) is 4.79 Å². The minimum absolute atomic E-state index is 0.320. The standard InChI is InChI=1S/C29H30O2/c1-20(2)25-16-15-21(3)28-26(29(30)31-5)18-17-24(22(4)27(28)19-25)14-10-9-13-23-11-7-6-8-12-23/h6-20H,1-5H3/b13-9+,14-10-. The summed E-state index contributed by atoms with van der Waals surface area (Å²) < 4.78 is 5.11. The molecular weight excluding hydrogens is 380 g/mol. The predicted molar refractivity (Wildman–Crippen MR) is 130 cm³/mol. The molecule has 1 aromatic rings.